The quantitative estimate of drug-likeness (QED) is 0.668. The van der Waals surface area contributed by atoms with Crippen LogP contribution >= 0.6 is 46.6 Å². The fourth-order valence-corrected chi connectivity index (χ4v) is 2.93. The van der Waals surface area contributed by atoms with Crippen LogP contribution in [-0.4, -0.2) is 18.0 Å². The van der Waals surface area contributed by atoms with Gasteiger partial charge in [0.2, 0.25) is 5.88 Å². The minimum atomic E-state index is -0.503. The first-order chi connectivity index (χ1) is 11.5. The van der Waals surface area contributed by atoms with E-state index in [2.05, 4.69) is 10.3 Å². The molecule has 4 nitrogen and oxygen atoms in total. The second kappa shape index (κ2) is 9.18. The van der Waals surface area contributed by atoms with Crippen LogP contribution in [0.25, 0.3) is 0 Å². The molecule has 2 rings (SSSR count). The maximum atomic E-state index is 12.1. The minimum Gasteiger partial charge on any atom is -0.481 e. The number of amides is 1. The molecule has 0 spiro atoms. The van der Waals surface area contributed by atoms with Crippen molar-refractivity contribution in [2.75, 3.05) is 12.4 Å². The third-order valence-corrected chi connectivity index (χ3v) is 5.13. The number of nitrogens with one attached hydrogen (secondary N) is 1. The zero-order valence-electron chi connectivity index (χ0n) is 12.6. The van der Waals surface area contributed by atoms with Gasteiger partial charge in [0, 0.05) is 16.8 Å². The van der Waals surface area contributed by atoms with Gasteiger partial charge >= 0.3 is 0 Å². The summed E-state index contributed by atoms with van der Waals surface area (Å²) in [5, 5.41) is 3.20. The number of anilines is 1. The number of hydrogen-bond donors (Lipinski definition) is 1. The predicted octanol–water partition coefficient (Wildman–Crippen LogP) is 5.26. The molecule has 0 saturated carbocycles. The number of aromatic nitrogens is 1. The van der Waals surface area contributed by atoms with Crippen LogP contribution in [0.15, 0.2) is 52.0 Å². The van der Waals surface area contributed by atoms with Crippen LogP contribution < -0.4 is 10.1 Å². The van der Waals surface area contributed by atoms with E-state index in [1.165, 1.54) is 25.1 Å². The summed E-state index contributed by atoms with van der Waals surface area (Å²) in [6.07, 6.45) is 1.47. The maximum absolute atomic E-state index is 12.1. The average Bonchev–Trinajstić information content (AvgIpc) is 2.61. The molecule has 126 valence electrons. The van der Waals surface area contributed by atoms with Crippen LogP contribution in [-0.2, 0) is 10.5 Å². The van der Waals surface area contributed by atoms with Crippen molar-refractivity contribution in [3.8, 4) is 5.88 Å². The highest BCUT2D eigenvalue weighted by molar-refractivity contribution is 8.03. The molecule has 0 radical (unpaired) electrons. The van der Waals surface area contributed by atoms with Crippen LogP contribution in [0.3, 0.4) is 0 Å². The van der Waals surface area contributed by atoms with Crippen LogP contribution in [0.2, 0.25) is 5.02 Å². The lowest BCUT2D eigenvalue weighted by molar-refractivity contribution is -0.112. The first kappa shape index (κ1) is 18.9. The van der Waals surface area contributed by atoms with Crippen LogP contribution in [0, 0.1) is 0 Å². The number of ether oxygens (including phenoxy) is 1. The molecule has 0 aliphatic heterocycles. The van der Waals surface area contributed by atoms with Gasteiger partial charge in [-0.15, -0.1) is 11.8 Å². The second-order valence-corrected chi connectivity index (χ2v) is 6.95. The standard InChI is InChI=1S/C16H13Cl3N2O2S/c1-23-13-7-6-12(8-20-13)21-16(22)14(18)15(19)24-9-10-2-4-11(17)5-3-10/h2-8H,9H2,1H3,(H,21,22)/b15-14-. The lowest BCUT2D eigenvalue weighted by Crippen LogP contribution is -2.12. The summed E-state index contributed by atoms with van der Waals surface area (Å²) in [5.41, 5.74) is 1.51. The van der Waals surface area contributed by atoms with E-state index < -0.39 is 5.91 Å². The van der Waals surface area contributed by atoms with Gasteiger partial charge in [0.1, 0.15) is 5.03 Å². The number of rotatable bonds is 6. The van der Waals surface area contributed by atoms with Gasteiger partial charge in [0.15, 0.2) is 0 Å². The summed E-state index contributed by atoms with van der Waals surface area (Å²) in [5.74, 6) is 0.521. The number of nitrogens with zero attached hydrogens (tertiary/aromatic N) is 1. The van der Waals surface area contributed by atoms with Gasteiger partial charge in [-0.05, 0) is 23.8 Å². The molecule has 1 aromatic carbocycles. The molecule has 0 unspecified atom stereocenters. The topological polar surface area (TPSA) is 51.2 Å². The van der Waals surface area contributed by atoms with Crippen molar-refractivity contribution >= 4 is 58.2 Å². The lowest BCUT2D eigenvalue weighted by Gasteiger charge is -2.07. The maximum Gasteiger partial charge on any atom is 0.269 e. The number of carbonyl (C=O) groups excluding carboxylic acids is 1. The third-order valence-electron chi connectivity index (χ3n) is 2.85. The number of pyridine rings is 1. The van der Waals surface area contributed by atoms with Crippen molar-refractivity contribution in [1.29, 1.82) is 0 Å². The number of hydrogen-bond acceptors (Lipinski definition) is 4. The summed E-state index contributed by atoms with van der Waals surface area (Å²) >= 11 is 19.2. The van der Waals surface area contributed by atoms with E-state index in [9.17, 15) is 4.79 Å². The molecule has 8 heteroatoms. The first-order valence-electron chi connectivity index (χ1n) is 6.73. The molecular formula is C16H13Cl3N2O2S. The van der Waals surface area contributed by atoms with Crippen molar-refractivity contribution in [2.45, 2.75) is 5.75 Å². The average molecular weight is 404 g/mol. The van der Waals surface area contributed by atoms with Gasteiger partial charge in [-0.2, -0.15) is 0 Å². The van der Waals surface area contributed by atoms with Gasteiger partial charge in [0.25, 0.3) is 5.91 Å². The monoisotopic (exact) mass is 402 g/mol. The number of methoxy groups -OCH3 is 1. The van der Waals surface area contributed by atoms with Crippen LogP contribution in [0.5, 0.6) is 5.88 Å². The molecule has 0 aliphatic rings. The van der Waals surface area contributed by atoms with Gasteiger partial charge < -0.3 is 10.1 Å². The van der Waals surface area contributed by atoms with Crippen LogP contribution in [0.1, 0.15) is 5.56 Å². The van der Waals surface area contributed by atoms with E-state index in [4.69, 9.17) is 39.5 Å². The Morgan fingerprint density at radius 1 is 1.21 bits per heavy atom. The largest absolute Gasteiger partial charge is 0.481 e. The Morgan fingerprint density at radius 2 is 1.92 bits per heavy atom. The number of benzene rings is 1. The number of carbonyl (C=O) groups is 1. The molecule has 2 aromatic rings. The molecule has 0 saturated heterocycles. The Hall–Kier alpha value is -1.40. The van der Waals surface area contributed by atoms with Gasteiger partial charge in [-0.3, -0.25) is 4.79 Å². The van der Waals surface area contributed by atoms with Crippen molar-refractivity contribution in [3.63, 3.8) is 0 Å². The van der Waals surface area contributed by atoms with E-state index in [0.717, 1.165) is 5.56 Å². The van der Waals surface area contributed by atoms with E-state index in [-0.39, 0.29) is 9.40 Å². The first-order valence-corrected chi connectivity index (χ1v) is 8.85. The van der Waals surface area contributed by atoms with E-state index >= 15 is 0 Å². The Morgan fingerprint density at radius 3 is 2.50 bits per heavy atom. The molecule has 1 aromatic heterocycles. The smallest absolute Gasteiger partial charge is 0.269 e. The van der Waals surface area contributed by atoms with Gasteiger partial charge in [-0.1, -0.05) is 46.9 Å². The Balaban J connectivity index is 1.96. The molecule has 0 fully saturated rings. The van der Waals surface area contributed by atoms with Crippen molar-refractivity contribution < 1.29 is 9.53 Å². The van der Waals surface area contributed by atoms with Crippen molar-refractivity contribution in [3.05, 3.63) is 62.6 Å². The number of halogens is 3. The van der Waals surface area contributed by atoms with E-state index in [1.807, 2.05) is 12.1 Å². The zero-order chi connectivity index (χ0) is 17.5. The Bertz CT molecular complexity index is 734. The zero-order valence-corrected chi connectivity index (χ0v) is 15.6. The summed E-state index contributed by atoms with van der Waals surface area (Å²) < 4.78 is 5.16. The van der Waals surface area contributed by atoms with E-state index in [0.29, 0.717) is 22.3 Å². The molecule has 0 aliphatic carbocycles. The number of thioether (sulfide) groups is 1. The van der Waals surface area contributed by atoms with Crippen molar-refractivity contribution in [1.82, 2.24) is 4.98 Å². The second-order valence-electron chi connectivity index (χ2n) is 4.55. The van der Waals surface area contributed by atoms with Gasteiger partial charge in [-0.25, -0.2) is 4.98 Å². The fourth-order valence-electron chi connectivity index (χ4n) is 1.64. The SMILES string of the molecule is COc1ccc(NC(=O)/C(Cl)=C(\Cl)SCc2ccc(Cl)cc2)cn1. The molecule has 1 amide bonds. The molecule has 0 bridgehead atoms. The van der Waals surface area contributed by atoms with Gasteiger partial charge in [0.05, 0.1) is 23.4 Å². The highest BCUT2D eigenvalue weighted by Gasteiger charge is 2.13. The summed E-state index contributed by atoms with van der Waals surface area (Å²) in [7, 11) is 1.51. The molecule has 0 atom stereocenters. The normalized spacial score (nSPS) is 11.7. The van der Waals surface area contributed by atoms with Crippen LogP contribution in [0.4, 0.5) is 5.69 Å². The summed E-state index contributed by atoms with van der Waals surface area (Å²) in [6, 6.07) is 10.6. The third kappa shape index (κ3) is 5.60. The Labute approximate surface area is 159 Å². The molecule has 1 N–H and O–H groups in total. The predicted molar refractivity (Wildman–Crippen MR) is 101 cm³/mol. The minimum absolute atomic E-state index is 0.0774. The fraction of sp³-hybridized carbons (Fsp3) is 0.125. The summed E-state index contributed by atoms with van der Waals surface area (Å²) in [4.78, 5) is 16.1. The molecular weight excluding hydrogens is 391 g/mol. The molecule has 24 heavy (non-hydrogen) atoms. The highest BCUT2D eigenvalue weighted by Crippen LogP contribution is 2.30. The van der Waals surface area contributed by atoms with Crippen molar-refractivity contribution in [2.24, 2.45) is 0 Å². The molecule has 1 heterocycles. The lowest BCUT2D eigenvalue weighted by atomic mass is 10.2. The van der Waals surface area contributed by atoms with E-state index in [1.54, 1.807) is 24.3 Å². The Kier molecular flexibility index (Phi) is 7.24. The highest BCUT2D eigenvalue weighted by atomic mass is 35.5. The summed E-state index contributed by atoms with van der Waals surface area (Å²) in [6.45, 7) is 0.